The van der Waals surface area contributed by atoms with Crippen LogP contribution in [0.15, 0.2) is 60.7 Å². The molecule has 3 aromatic rings. The fourth-order valence-electron chi connectivity index (χ4n) is 2.64. The van der Waals surface area contributed by atoms with E-state index >= 15 is 0 Å². The van der Waals surface area contributed by atoms with Crippen molar-refractivity contribution in [3.8, 4) is 11.3 Å². The predicted octanol–water partition coefficient (Wildman–Crippen LogP) is 0.867. The van der Waals surface area contributed by atoms with Gasteiger partial charge in [-0.25, -0.2) is 0 Å². The van der Waals surface area contributed by atoms with Crippen LogP contribution in [-0.4, -0.2) is 39.1 Å². The first-order valence-electron chi connectivity index (χ1n) is 8.21. The molecule has 27 heavy (non-hydrogen) atoms. The van der Waals surface area contributed by atoms with Gasteiger partial charge in [-0.2, -0.15) is 15.4 Å². The van der Waals surface area contributed by atoms with Gasteiger partial charge in [-0.3, -0.25) is 14.4 Å². The van der Waals surface area contributed by atoms with E-state index in [1.807, 2.05) is 12.1 Å². The number of nitrogens with two attached hydrogens (primary N) is 1. The number of nitrogens with zero attached hydrogens (tertiary/aromatic N) is 2. The van der Waals surface area contributed by atoms with Crippen LogP contribution in [0.1, 0.15) is 16.1 Å². The van der Waals surface area contributed by atoms with E-state index < -0.39 is 23.6 Å². The third-order valence-electron chi connectivity index (χ3n) is 3.96. The van der Waals surface area contributed by atoms with Gasteiger partial charge in [0.2, 0.25) is 5.78 Å². The summed E-state index contributed by atoms with van der Waals surface area (Å²) in [5.41, 5.74) is 6.97. The molecule has 0 aliphatic carbocycles. The van der Waals surface area contributed by atoms with Gasteiger partial charge in [-0.1, -0.05) is 60.7 Å². The van der Waals surface area contributed by atoms with Crippen LogP contribution < -0.4 is 11.1 Å². The van der Waals surface area contributed by atoms with E-state index in [-0.39, 0.29) is 12.1 Å². The Bertz CT molecular complexity index is 954. The van der Waals surface area contributed by atoms with Gasteiger partial charge in [0.15, 0.2) is 5.69 Å². The van der Waals surface area contributed by atoms with Crippen molar-refractivity contribution in [1.82, 2.24) is 20.7 Å². The van der Waals surface area contributed by atoms with E-state index in [1.165, 1.54) is 0 Å². The van der Waals surface area contributed by atoms with E-state index in [4.69, 9.17) is 5.73 Å². The third-order valence-corrected chi connectivity index (χ3v) is 3.96. The fourth-order valence-corrected chi connectivity index (χ4v) is 2.64. The molecule has 0 radical (unpaired) electrons. The number of hydrogen-bond donors (Lipinski definition) is 3. The second-order valence-corrected chi connectivity index (χ2v) is 5.83. The standard InChI is InChI=1S/C19H17N5O3/c20-18(26)17(25)14(11-12-7-3-1-4-8-12)21-19(27)16-15(22-24-23-16)13-9-5-2-6-10-13/h1-10,14H,11H2,(H2,20,26)(H,21,27)(H,22,23,24)/t14-/m0/s1. The number of carbonyl (C=O) groups excluding carboxylic acids is 3. The largest absolute Gasteiger partial charge is 0.363 e. The summed E-state index contributed by atoms with van der Waals surface area (Å²) >= 11 is 0. The maximum Gasteiger partial charge on any atom is 0.287 e. The molecule has 0 saturated heterocycles. The summed E-state index contributed by atoms with van der Waals surface area (Å²) in [7, 11) is 0. The molecule has 2 amide bonds. The van der Waals surface area contributed by atoms with E-state index in [9.17, 15) is 14.4 Å². The first kappa shape index (κ1) is 18.0. The molecule has 0 bridgehead atoms. The zero-order valence-corrected chi connectivity index (χ0v) is 14.3. The molecule has 3 rings (SSSR count). The highest BCUT2D eigenvalue weighted by atomic mass is 16.2. The van der Waals surface area contributed by atoms with Gasteiger partial charge in [-0.15, -0.1) is 0 Å². The minimum atomic E-state index is -1.11. The highest BCUT2D eigenvalue weighted by Crippen LogP contribution is 2.19. The number of H-pyrrole nitrogens is 1. The van der Waals surface area contributed by atoms with Gasteiger partial charge in [0.1, 0.15) is 11.7 Å². The van der Waals surface area contributed by atoms with Crippen molar-refractivity contribution in [2.24, 2.45) is 5.73 Å². The number of nitrogens with one attached hydrogen (secondary N) is 2. The molecule has 0 spiro atoms. The lowest BCUT2D eigenvalue weighted by atomic mass is 10.0. The van der Waals surface area contributed by atoms with Crippen LogP contribution in [0.5, 0.6) is 0 Å². The molecule has 0 saturated carbocycles. The lowest BCUT2D eigenvalue weighted by molar-refractivity contribution is -0.137. The van der Waals surface area contributed by atoms with Crippen LogP contribution >= 0.6 is 0 Å². The van der Waals surface area contributed by atoms with Crippen LogP contribution in [0, 0.1) is 0 Å². The third kappa shape index (κ3) is 4.24. The monoisotopic (exact) mass is 363 g/mol. The molecule has 0 aliphatic rings. The van der Waals surface area contributed by atoms with Gasteiger partial charge in [-0.05, 0) is 5.56 Å². The van der Waals surface area contributed by atoms with Crippen molar-refractivity contribution < 1.29 is 14.4 Å². The molecule has 8 nitrogen and oxygen atoms in total. The average Bonchev–Trinajstić information content (AvgIpc) is 3.18. The van der Waals surface area contributed by atoms with Crippen molar-refractivity contribution >= 4 is 17.6 Å². The summed E-state index contributed by atoms with van der Waals surface area (Å²) in [5, 5.41) is 12.8. The molecule has 4 N–H and O–H groups in total. The van der Waals surface area contributed by atoms with Crippen LogP contribution in [0.4, 0.5) is 0 Å². The minimum absolute atomic E-state index is 0.0246. The number of primary amides is 1. The normalized spacial score (nSPS) is 11.6. The lowest BCUT2D eigenvalue weighted by Gasteiger charge is -2.16. The summed E-state index contributed by atoms with van der Waals surface area (Å²) in [5.74, 6) is -2.62. The first-order valence-corrected chi connectivity index (χ1v) is 8.21. The van der Waals surface area contributed by atoms with Gasteiger partial charge in [0.05, 0.1) is 0 Å². The van der Waals surface area contributed by atoms with E-state index in [1.54, 1.807) is 48.5 Å². The molecule has 0 unspecified atom stereocenters. The Morgan fingerprint density at radius 3 is 2.22 bits per heavy atom. The van der Waals surface area contributed by atoms with Crippen LogP contribution in [0.25, 0.3) is 11.3 Å². The van der Waals surface area contributed by atoms with Crippen LogP contribution in [-0.2, 0) is 16.0 Å². The molecule has 1 atom stereocenters. The summed E-state index contributed by atoms with van der Waals surface area (Å²) in [6.45, 7) is 0. The van der Waals surface area contributed by atoms with Crippen molar-refractivity contribution in [3.05, 3.63) is 71.9 Å². The van der Waals surface area contributed by atoms with Crippen molar-refractivity contribution in [2.45, 2.75) is 12.5 Å². The Labute approximate surface area is 154 Å². The smallest absolute Gasteiger partial charge is 0.287 e. The minimum Gasteiger partial charge on any atom is -0.363 e. The number of hydrogen-bond acceptors (Lipinski definition) is 5. The zero-order chi connectivity index (χ0) is 19.2. The highest BCUT2D eigenvalue weighted by Gasteiger charge is 2.28. The second kappa shape index (κ2) is 8.05. The number of ketones is 1. The molecule has 136 valence electrons. The molecular formula is C19H17N5O3. The molecule has 2 aromatic carbocycles. The molecule has 8 heteroatoms. The molecule has 0 fully saturated rings. The summed E-state index contributed by atoms with van der Waals surface area (Å²) in [6, 6.07) is 16.9. The van der Waals surface area contributed by atoms with Crippen molar-refractivity contribution in [3.63, 3.8) is 0 Å². The Morgan fingerprint density at radius 1 is 0.963 bits per heavy atom. The summed E-state index contributed by atoms with van der Waals surface area (Å²) < 4.78 is 0. The maximum atomic E-state index is 12.7. The molecular weight excluding hydrogens is 346 g/mol. The SMILES string of the molecule is NC(=O)C(=O)[C@H](Cc1ccccc1)NC(=O)c1n[nH]nc1-c1ccccc1. The number of aromatic amines is 1. The fraction of sp³-hybridized carbons (Fsp3) is 0.105. The number of rotatable bonds is 7. The van der Waals surface area contributed by atoms with Gasteiger partial charge in [0, 0.05) is 12.0 Å². The Hall–Kier alpha value is -3.81. The molecule has 1 heterocycles. The molecule has 0 aliphatic heterocycles. The summed E-state index contributed by atoms with van der Waals surface area (Å²) in [6.07, 6.45) is 0.132. The first-order chi connectivity index (χ1) is 13.1. The molecule has 1 aromatic heterocycles. The Morgan fingerprint density at radius 2 is 1.59 bits per heavy atom. The van der Waals surface area contributed by atoms with Gasteiger partial charge >= 0.3 is 0 Å². The van der Waals surface area contributed by atoms with Crippen LogP contribution in [0.2, 0.25) is 0 Å². The lowest BCUT2D eigenvalue weighted by Crippen LogP contribution is -2.47. The van der Waals surface area contributed by atoms with E-state index in [0.717, 1.165) is 5.56 Å². The highest BCUT2D eigenvalue weighted by molar-refractivity contribution is 6.38. The Kier molecular flexibility index (Phi) is 5.36. The van der Waals surface area contributed by atoms with Crippen molar-refractivity contribution in [2.75, 3.05) is 0 Å². The van der Waals surface area contributed by atoms with Crippen LogP contribution in [0.3, 0.4) is 0 Å². The quantitative estimate of drug-likeness (QED) is 0.536. The van der Waals surface area contributed by atoms with E-state index in [2.05, 4.69) is 20.7 Å². The maximum absolute atomic E-state index is 12.7. The predicted molar refractivity (Wildman–Crippen MR) is 97.4 cm³/mol. The average molecular weight is 363 g/mol. The summed E-state index contributed by atoms with van der Waals surface area (Å²) in [4.78, 5) is 36.2. The van der Waals surface area contributed by atoms with Gasteiger partial charge < -0.3 is 11.1 Å². The number of benzene rings is 2. The van der Waals surface area contributed by atoms with Crippen molar-refractivity contribution in [1.29, 1.82) is 0 Å². The number of Topliss-reactive ketones (excluding diaryl/α,β-unsaturated/α-hetero) is 1. The van der Waals surface area contributed by atoms with Gasteiger partial charge in [0.25, 0.3) is 11.8 Å². The topological polar surface area (TPSA) is 131 Å². The number of amides is 2. The number of aromatic nitrogens is 3. The Balaban J connectivity index is 1.84. The second-order valence-electron chi connectivity index (χ2n) is 5.83. The zero-order valence-electron chi connectivity index (χ0n) is 14.3. The number of carbonyl (C=O) groups is 3. The van der Waals surface area contributed by atoms with E-state index in [0.29, 0.717) is 11.3 Å².